The first-order valence-corrected chi connectivity index (χ1v) is 14.1. The summed E-state index contributed by atoms with van der Waals surface area (Å²) in [6.45, 7) is 2.63. The van der Waals surface area contributed by atoms with Crippen molar-refractivity contribution >= 4 is 40.7 Å². The standard InChI is InChI=1S/C29H30Cl3N3O/c1-16-27(29(36)33-9-8-24-20-11-17-10-18(13-20)14-21(24)12-17)34-35(26-7-6-23(31)15-25(26)32)28(16)19-2-4-22(30)5-3-19/h2-7,15,17-18,20-21,24H,8-14H2,1H3,(H,33,36). The van der Waals surface area contributed by atoms with Gasteiger partial charge in [-0.25, -0.2) is 4.68 Å². The summed E-state index contributed by atoms with van der Waals surface area (Å²) in [5.41, 5.74) is 3.60. The Morgan fingerprint density at radius 2 is 1.58 bits per heavy atom. The molecule has 7 heteroatoms. The van der Waals surface area contributed by atoms with Crippen LogP contribution < -0.4 is 5.32 Å². The second-order valence-electron chi connectivity index (χ2n) is 11.0. The summed E-state index contributed by atoms with van der Waals surface area (Å²) in [5, 5.41) is 9.60. The molecule has 3 aromatic rings. The van der Waals surface area contributed by atoms with Gasteiger partial charge < -0.3 is 5.32 Å². The fourth-order valence-corrected chi connectivity index (χ4v) is 8.05. The van der Waals surface area contributed by atoms with Gasteiger partial charge in [-0.15, -0.1) is 0 Å². The topological polar surface area (TPSA) is 46.9 Å². The van der Waals surface area contributed by atoms with E-state index in [0.717, 1.165) is 52.8 Å². The summed E-state index contributed by atoms with van der Waals surface area (Å²) in [7, 11) is 0. The maximum atomic E-state index is 13.4. The average Bonchev–Trinajstić information content (AvgIpc) is 3.17. The van der Waals surface area contributed by atoms with Gasteiger partial charge >= 0.3 is 0 Å². The maximum absolute atomic E-state index is 13.4. The van der Waals surface area contributed by atoms with Crippen LogP contribution >= 0.6 is 34.8 Å². The van der Waals surface area contributed by atoms with Gasteiger partial charge in [0.1, 0.15) is 0 Å². The molecule has 0 aliphatic heterocycles. The molecule has 1 aromatic heterocycles. The van der Waals surface area contributed by atoms with Crippen LogP contribution in [0.25, 0.3) is 16.9 Å². The highest BCUT2D eigenvalue weighted by atomic mass is 35.5. The zero-order valence-corrected chi connectivity index (χ0v) is 22.6. The van der Waals surface area contributed by atoms with Crippen molar-refractivity contribution in [1.82, 2.24) is 15.1 Å². The van der Waals surface area contributed by atoms with Crippen molar-refractivity contribution in [2.75, 3.05) is 6.54 Å². The molecule has 0 atom stereocenters. The SMILES string of the molecule is Cc1c(C(=O)NCCC2C3CC4CC(C3)CC2C4)nn(-c2ccc(Cl)cc2Cl)c1-c1ccc(Cl)cc1. The molecule has 4 aliphatic rings. The Hall–Kier alpha value is -2.01. The van der Waals surface area contributed by atoms with Gasteiger partial charge in [-0.1, -0.05) is 46.9 Å². The molecule has 188 valence electrons. The van der Waals surface area contributed by atoms with Crippen molar-refractivity contribution in [3.05, 3.63) is 68.8 Å². The van der Waals surface area contributed by atoms with Gasteiger partial charge in [-0.05, 0) is 105 Å². The number of halogens is 3. The highest BCUT2D eigenvalue weighted by molar-refractivity contribution is 6.35. The average molecular weight is 543 g/mol. The van der Waals surface area contributed by atoms with E-state index in [2.05, 4.69) is 5.32 Å². The Balaban J connectivity index is 1.25. The minimum atomic E-state index is -0.143. The summed E-state index contributed by atoms with van der Waals surface area (Å²) in [4.78, 5) is 13.4. The van der Waals surface area contributed by atoms with E-state index in [9.17, 15) is 4.79 Å². The number of benzene rings is 2. The molecule has 1 heterocycles. The lowest BCUT2D eigenvalue weighted by atomic mass is 9.51. The molecule has 0 unspecified atom stereocenters. The van der Waals surface area contributed by atoms with Crippen LogP contribution in [0, 0.1) is 36.5 Å². The number of nitrogens with zero attached hydrogens (tertiary/aromatic N) is 2. The highest BCUT2D eigenvalue weighted by Crippen LogP contribution is 2.57. The van der Waals surface area contributed by atoms with Crippen molar-refractivity contribution in [2.24, 2.45) is 29.6 Å². The first-order valence-electron chi connectivity index (χ1n) is 13.0. The van der Waals surface area contributed by atoms with Gasteiger partial charge in [0, 0.05) is 27.7 Å². The van der Waals surface area contributed by atoms with Gasteiger partial charge in [-0.3, -0.25) is 4.79 Å². The third kappa shape index (κ3) is 4.46. The molecule has 4 aliphatic carbocycles. The predicted octanol–water partition coefficient (Wildman–Crippen LogP) is 8.00. The molecule has 0 radical (unpaired) electrons. The van der Waals surface area contributed by atoms with Crippen LogP contribution in [0.3, 0.4) is 0 Å². The van der Waals surface area contributed by atoms with Gasteiger partial charge in [0.25, 0.3) is 5.91 Å². The summed E-state index contributed by atoms with van der Waals surface area (Å²) in [6.07, 6.45) is 8.14. The third-order valence-corrected chi connectivity index (χ3v) is 9.57. The second-order valence-corrected chi connectivity index (χ2v) is 12.3. The maximum Gasteiger partial charge on any atom is 0.272 e. The van der Waals surface area contributed by atoms with Crippen molar-refractivity contribution < 1.29 is 4.79 Å². The summed E-state index contributed by atoms with van der Waals surface area (Å²) >= 11 is 18.8. The fourth-order valence-electron chi connectivity index (χ4n) is 7.43. The largest absolute Gasteiger partial charge is 0.351 e. The van der Waals surface area contributed by atoms with E-state index in [1.165, 1.54) is 32.1 Å². The molecular weight excluding hydrogens is 513 g/mol. The Morgan fingerprint density at radius 1 is 0.944 bits per heavy atom. The minimum absolute atomic E-state index is 0.143. The zero-order valence-electron chi connectivity index (χ0n) is 20.3. The van der Waals surface area contributed by atoms with Crippen LogP contribution in [0.4, 0.5) is 0 Å². The van der Waals surface area contributed by atoms with Crippen molar-refractivity contribution in [3.8, 4) is 16.9 Å². The number of carbonyl (C=O) groups excluding carboxylic acids is 1. The molecule has 0 saturated heterocycles. The van der Waals surface area contributed by atoms with Gasteiger partial charge in [0.2, 0.25) is 0 Å². The highest BCUT2D eigenvalue weighted by Gasteiger charge is 2.47. The van der Waals surface area contributed by atoms with E-state index < -0.39 is 0 Å². The van der Waals surface area contributed by atoms with E-state index >= 15 is 0 Å². The molecule has 7 rings (SSSR count). The van der Waals surface area contributed by atoms with Crippen LogP contribution in [-0.2, 0) is 0 Å². The lowest BCUT2D eigenvalue weighted by molar-refractivity contribution is -0.0391. The zero-order chi connectivity index (χ0) is 25.0. The Bertz CT molecular complexity index is 1270. The fraction of sp³-hybridized carbons (Fsp3) is 0.448. The van der Waals surface area contributed by atoms with Crippen LogP contribution in [0.2, 0.25) is 15.1 Å². The molecule has 4 bridgehead atoms. The molecule has 1 amide bonds. The molecule has 1 N–H and O–H groups in total. The predicted molar refractivity (Wildman–Crippen MR) is 146 cm³/mol. The number of hydrogen-bond donors (Lipinski definition) is 1. The summed E-state index contributed by atoms with van der Waals surface area (Å²) < 4.78 is 1.74. The number of amides is 1. The van der Waals surface area contributed by atoms with Crippen molar-refractivity contribution in [2.45, 2.75) is 45.4 Å². The lowest BCUT2D eigenvalue weighted by Crippen LogP contribution is -2.46. The lowest BCUT2D eigenvalue weighted by Gasteiger charge is -2.54. The van der Waals surface area contributed by atoms with E-state index in [0.29, 0.717) is 33.0 Å². The van der Waals surface area contributed by atoms with Crippen LogP contribution in [-0.4, -0.2) is 22.2 Å². The van der Waals surface area contributed by atoms with Crippen molar-refractivity contribution in [1.29, 1.82) is 0 Å². The van der Waals surface area contributed by atoms with Gasteiger partial charge in [-0.2, -0.15) is 5.10 Å². The van der Waals surface area contributed by atoms with Gasteiger partial charge in [0.05, 0.1) is 16.4 Å². The van der Waals surface area contributed by atoms with Gasteiger partial charge in [0.15, 0.2) is 5.69 Å². The number of hydrogen-bond acceptors (Lipinski definition) is 2. The monoisotopic (exact) mass is 541 g/mol. The first-order chi connectivity index (χ1) is 17.4. The minimum Gasteiger partial charge on any atom is -0.351 e. The Labute approximate surface area is 227 Å². The molecular formula is C29H30Cl3N3O. The van der Waals surface area contributed by atoms with Crippen molar-refractivity contribution in [3.63, 3.8) is 0 Å². The number of carbonyl (C=O) groups is 1. The molecule has 2 aromatic carbocycles. The molecule has 4 nitrogen and oxygen atoms in total. The Morgan fingerprint density at radius 3 is 2.22 bits per heavy atom. The molecule has 4 fully saturated rings. The first kappa shape index (κ1) is 24.3. The normalized spacial score (nSPS) is 26.4. The summed E-state index contributed by atoms with van der Waals surface area (Å²) in [5.74, 6) is 4.28. The van der Waals surface area contributed by atoms with Crippen LogP contribution in [0.5, 0.6) is 0 Å². The van der Waals surface area contributed by atoms with E-state index in [1.807, 2.05) is 37.3 Å². The van der Waals surface area contributed by atoms with Crippen LogP contribution in [0.15, 0.2) is 42.5 Å². The number of rotatable bonds is 6. The third-order valence-electron chi connectivity index (χ3n) is 8.78. The summed E-state index contributed by atoms with van der Waals surface area (Å²) in [6, 6.07) is 12.8. The second kappa shape index (κ2) is 9.70. The molecule has 36 heavy (non-hydrogen) atoms. The van der Waals surface area contributed by atoms with E-state index in [4.69, 9.17) is 39.9 Å². The number of nitrogens with one attached hydrogen (secondary N) is 1. The van der Waals surface area contributed by atoms with E-state index in [-0.39, 0.29) is 5.91 Å². The number of aromatic nitrogens is 2. The quantitative estimate of drug-likeness (QED) is 0.343. The van der Waals surface area contributed by atoms with E-state index in [1.54, 1.807) is 16.8 Å². The Kier molecular flexibility index (Phi) is 6.56. The molecule has 4 saturated carbocycles. The molecule has 0 spiro atoms. The van der Waals surface area contributed by atoms with Crippen LogP contribution in [0.1, 0.15) is 54.6 Å². The smallest absolute Gasteiger partial charge is 0.272 e.